The van der Waals surface area contributed by atoms with Crippen LogP contribution in [-0.4, -0.2) is 44.2 Å². The van der Waals surface area contributed by atoms with Crippen LogP contribution in [0.25, 0.3) is 0 Å². The molecule has 1 aliphatic heterocycles. The zero-order valence-corrected chi connectivity index (χ0v) is 12.8. The van der Waals surface area contributed by atoms with E-state index in [9.17, 15) is 4.79 Å². The minimum absolute atomic E-state index is 0.126. The van der Waals surface area contributed by atoms with Crippen LogP contribution in [0.15, 0.2) is 24.3 Å². The molecule has 1 amide bonds. The van der Waals surface area contributed by atoms with Crippen LogP contribution >= 0.6 is 0 Å². The van der Waals surface area contributed by atoms with E-state index in [0.717, 1.165) is 37.2 Å². The highest BCUT2D eigenvalue weighted by Gasteiger charge is 2.48. The van der Waals surface area contributed by atoms with Crippen molar-refractivity contribution in [3.05, 3.63) is 29.8 Å². The first-order chi connectivity index (χ1) is 10.2. The van der Waals surface area contributed by atoms with E-state index in [-0.39, 0.29) is 5.91 Å². The van der Waals surface area contributed by atoms with E-state index in [4.69, 9.17) is 9.47 Å². The van der Waals surface area contributed by atoms with Gasteiger partial charge in [-0.1, -0.05) is 0 Å². The van der Waals surface area contributed by atoms with Crippen molar-refractivity contribution in [3.8, 4) is 5.75 Å². The number of amides is 1. The first kappa shape index (κ1) is 14.4. The summed E-state index contributed by atoms with van der Waals surface area (Å²) >= 11 is 0. The Morgan fingerprint density at radius 3 is 2.29 bits per heavy atom. The van der Waals surface area contributed by atoms with E-state index >= 15 is 0 Å². The van der Waals surface area contributed by atoms with Crippen LogP contribution in [0.4, 0.5) is 0 Å². The van der Waals surface area contributed by atoms with Gasteiger partial charge in [-0.05, 0) is 49.9 Å². The summed E-state index contributed by atoms with van der Waals surface area (Å²) in [4.78, 5) is 14.5. The summed E-state index contributed by atoms with van der Waals surface area (Å²) in [6.45, 7) is 1.68. The number of nitrogens with zero attached hydrogens (tertiary/aromatic N) is 1. The molecule has 114 valence electrons. The molecule has 1 heterocycles. The van der Waals surface area contributed by atoms with Gasteiger partial charge in [0.15, 0.2) is 0 Å². The molecule has 1 saturated heterocycles. The van der Waals surface area contributed by atoms with Gasteiger partial charge in [-0.25, -0.2) is 0 Å². The molecule has 4 heteroatoms. The number of methoxy groups -OCH3 is 2. The molecule has 0 aromatic heterocycles. The fourth-order valence-electron chi connectivity index (χ4n) is 3.68. The molecular weight excluding hydrogens is 266 g/mol. The van der Waals surface area contributed by atoms with Crippen molar-refractivity contribution in [1.29, 1.82) is 0 Å². The third-order valence-corrected chi connectivity index (χ3v) is 5.26. The first-order valence-corrected chi connectivity index (χ1v) is 7.65. The Labute approximate surface area is 126 Å². The molecule has 2 fully saturated rings. The van der Waals surface area contributed by atoms with Gasteiger partial charge >= 0.3 is 0 Å². The normalized spacial score (nSPS) is 23.7. The number of rotatable bonds is 3. The molecule has 21 heavy (non-hydrogen) atoms. The van der Waals surface area contributed by atoms with Crippen LogP contribution in [0.2, 0.25) is 0 Å². The van der Waals surface area contributed by atoms with Gasteiger partial charge in [0.1, 0.15) is 5.75 Å². The smallest absolute Gasteiger partial charge is 0.253 e. The predicted molar refractivity (Wildman–Crippen MR) is 80.6 cm³/mol. The Balaban J connectivity index is 1.62. The van der Waals surface area contributed by atoms with Crippen LogP contribution in [0, 0.1) is 5.41 Å². The van der Waals surface area contributed by atoms with Gasteiger partial charge in [0.2, 0.25) is 0 Å². The van der Waals surface area contributed by atoms with Crippen molar-refractivity contribution in [2.24, 2.45) is 5.41 Å². The van der Waals surface area contributed by atoms with E-state index in [1.54, 1.807) is 14.2 Å². The number of ether oxygens (including phenoxy) is 2. The summed E-state index contributed by atoms with van der Waals surface area (Å²) in [7, 11) is 3.44. The Morgan fingerprint density at radius 1 is 1.14 bits per heavy atom. The maximum absolute atomic E-state index is 12.5. The largest absolute Gasteiger partial charge is 0.497 e. The van der Waals surface area contributed by atoms with E-state index in [1.807, 2.05) is 29.2 Å². The average molecular weight is 289 g/mol. The summed E-state index contributed by atoms with van der Waals surface area (Å²) in [5.41, 5.74) is 1.08. The monoisotopic (exact) mass is 289 g/mol. The van der Waals surface area contributed by atoms with Crippen LogP contribution in [0.1, 0.15) is 36.0 Å². The molecule has 1 aromatic rings. The lowest BCUT2D eigenvalue weighted by atomic mass is 9.60. The van der Waals surface area contributed by atoms with Crippen molar-refractivity contribution in [2.75, 3.05) is 27.3 Å². The second-order valence-corrected chi connectivity index (χ2v) is 6.15. The number of piperidine rings is 1. The number of benzene rings is 1. The molecule has 0 radical (unpaired) electrons. The van der Waals surface area contributed by atoms with Crippen molar-refractivity contribution in [2.45, 2.75) is 31.8 Å². The summed E-state index contributed by atoms with van der Waals surface area (Å²) in [5, 5.41) is 0. The second-order valence-electron chi connectivity index (χ2n) is 6.15. The van der Waals surface area contributed by atoms with Crippen LogP contribution in [0.5, 0.6) is 5.75 Å². The van der Waals surface area contributed by atoms with E-state index in [0.29, 0.717) is 11.5 Å². The van der Waals surface area contributed by atoms with Gasteiger partial charge in [-0.15, -0.1) is 0 Å². The molecule has 4 nitrogen and oxygen atoms in total. The van der Waals surface area contributed by atoms with Gasteiger partial charge in [-0.2, -0.15) is 0 Å². The molecule has 2 aliphatic rings. The Bertz CT molecular complexity index is 501. The Morgan fingerprint density at radius 2 is 1.81 bits per heavy atom. The third-order valence-electron chi connectivity index (χ3n) is 5.26. The van der Waals surface area contributed by atoms with E-state index in [1.165, 1.54) is 12.8 Å². The van der Waals surface area contributed by atoms with Crippen molar-refractivity contribution in [1.82, 2.24) is 4.90 Å². The van der Waals surface area contributed by atoms with Gasteiger partial charge < -0.3 is 14.4 Å². The highest BCUT2D eigenvalue weighted by Crippen LogP contribution is 2.50. The van der Waals surface area contributed by atoms with Crippen LogP contribution in [0.3, 0.4) is 0 Å². The topological polar surface area (TPSA) is 38.8 Å². The van der Waals surface area contributed by atoms with Gasteiger partial charge in [0, 0.05) is 31.2 Å². The third kappa shape index (κ3) is 2.53. The molecule has 1 spiro atoms. The Kier molecular flexibility index (Phi) is 3.89. The quantitative estimate of drug-likeness (QED) is 0.859. The minimum atomic E-state index is 0.126. The number of carbonyl (C=O) groups is 1. The van der Waals surface area contributed by atoms with Gasteiger partial charge in [0.05, 0.1) is 13.2 Å². The molecule has 1 unspecified atom stereocenters. The standard InChI is InChI=1S/C17H23NO3/c1-20-14-5-3-13(4-6-14)16(19)18-11-9-17(10-12-18)8-7-15(17)21-2/h3-6,15H,7-12H2,1-2H3. The summed E-state index contributed by atoms with van der Waals surface area (Å²) in [6, 6.07) is 7.36. The summed E-state index contributed by atoms with van der Waals surface area (Å²) < 4.78 is 10.7. The zero-order valence-electron chi connectivity index (χ0n) is 12.8. The van der Waals surface area contributed by atoms with E-state index in [2.05, 4.69) is 0 Å². The van der Waals surface area contributed by atoms with Crippen molar-refractivity contribution >= 4 is 5.91 Å². The number of likely N-dealkylation sites (tertiary alicyclic amines) is 1. The second kappa shape index (κ2) is 5.68. The SMILES string of the molecule is COc1ccc(C(=O)N2CCC3(CCC3OC)CC2)cc1. The maximum Gasteiger partial charge on any atom is 0.253 e. The van der Waals surface area contributed by atoms with E-state index < -0.39 is 0 Å². The Hall–Kier alpha value is -1.55. The molecule has 1 aromatic carbocycles. The van der Waals surface area contributed by atoms with Crippen molar-refractivity contribution in [3.63, 3.8) is 0 Å². The van der Waals surface area contributed by atoms with Gasteiger partial charge in [-0.3, -0.25) is 4.79 Å². The highest BCUT2D eigenvalue weighted by atomic mass is 16.5. The summed E-state index contributed by atoms with van der Waals surface area (Å²) in [5.74, 6) is 0.905. The molecule has 1 aliphatic carbocycles. The molecular formula is C17H23NO3. The average Bonchev–Trinajstić information content (AvgIpc) is 2.54. The maximum atomic E-state index is 12.5. The first-order valence-electron chi connectivity index (χ1n) is 7.65. The molecule has 0 N–H and O–H groups in total. The van der Waals surface area contributed by atoms with Crippen LogP contribution in [-0.2, 0) is 4.74 Å². The van der Waals surface area contributed by atoms with Crippen molar-refractivity contribution < 1.29 is 14.3 Å². The molecule has 0 bridgehead atoms. The predicted octanol–water partition coefficient (Wildman–Crippen LogP) is 2.73. The lowest BCUT2D eigenvalue weighted by Crippen LogP contribution is -2.53. The lowest BCUT2D eigenvalue weighted by Gasteiger charge is -2.53. The molecule has 1 saturated carbocycles. The number of carbonyl (C=O) groups excluding carboxylic acids is 1. The number of hydrogen-bond donors (Lipinski definition) is 0. The highest BCUT2D eigenvalue weighted by molar-refractivity contribution is 5.94. The zero-order chi connectivity index (χ0) is 14.9. The fraction of sp³-hybridized carbons (Fsp3) is 0.588. The molecule has 1 atom stereocenters. The van der Waals surface area contributed by atoms with Crippen LogP contribution < -0.4 is 4.74 Å². The summed E-state index contributed by atoms with van der Waals surface area (Å²) in [6.07, 6.45) is 4.94. The molecule has 3 rings (SSSR count). The fourth-order valence-corrected chi connectivity index (χ4v) is 3.68. The lowest BCUT2D eigenvalue weighted by molar-refractivity contribution is -0.116. The number of hydrogen-bond acceptors (Lipinski definition) is 3. The van der Waals surface area contributed by atoms with Gasteiger partial charge in [0.25, 0.3) is 5.91 Å². The minimum Gasteiger partial charge on any atom is -0.497 e.